The molecule has 1 fully saturated rings. The fraction of sp³-hybridized carbons (Fsp3) is 0.929. The lowest BCUT2D eigenvalue weighted by atomic mass is 9.67. The van der Waals surface area contributed by atoms with Crippen LogP contribution in [0.2, 0.25) is 0 Å². The van der Waals surface area contributed by atoms with Crippen LogP contribution >= 0.6 is 0 Å². The average molecular weight is 226 g/mol. The molecule has 1 atom stereocenters. The van der Waals surface area contributed by atoms with Gasteiger partial charge in [0.1, 0.15) is 0 Å². The smallest absolute Gasteiger partial charge is 0.306 e. The third kappa shape index (κ3) is 3.50. The van der Waals surface area contributed by atoms with Crippen molar-refractivity contribution in [2.24, 2.45) is 17.3 Å². The molecule has 1 aliphatic carbocycles. The third-order valence-electron chi connectivity index (χ3n) is 4.47. The van der Waals surface area contributed by atoms with Crippen LogP contribution in [-0.4, -0.2) is 11.1 Å². The summed E-state index contributed by atoms with van der Waals surface area (Å²) in [5.74, 6) is -0.370. The first-order valence-corrected chi connectivity index (χ1v) is 6.71. The highest BCUT2D eigenvalue weighted by molar-refractivity contribution is 5.69. The molecule has 2 heteroatoms. The van der Waals surface area contributed by atoms with Crippen molar-refractivity contribution in [1.29, 1.82) is 0 Å². The molecule has 0 amide bonds. The Bertz CT molecular complexity index is 227. The van der Waals surface area contributed by atoms with Crippen LogP contribution in [0.4, 0.5) is 0 Å². The Balaban J connectivity index is 2.41. The van der Waals surface area contributed by atoms with Crippen LogP contribution in [0.1, 0.15) is 65.7 Å². The van der Waals surface area contributed by atoms with Crippen LogP contribution in [-0.2, 0) is 4.79 Å². The van der Waals surface area contributed by atoms with Crippen molar-refractivity contribution < 1.29 is 9.90 Å². The average Bonchev–Trinajstić information content (AvgIpc) is 2.26. The second-order valence-corrected chi connectivity index (χ2v) is 5.88. The van der Waals surface area contributed by atoms with E-state index in [1.54, 1.807) is 0 Å². The number of hydrogen-bond acceptors (Lipinski definition) is 1. The molecule has 16 heavy (non-hydrogen) atoms. The molecule has 0 aromatic heterocycles. The number of carboxylic acids is 1. The molecule has 1 saturated carbocycles. The molecule has 0 radical (unpaired) electrons. The first-order valence-electron chi connectivity index (χ1n) is 6.71. The monoisotopic (exact) mass is 226 g/mol. The highest BCUT2D eigenvalue weighted by atomic mass is 16.4. The van der Waals surface area contributed by atoms with E-state index < -0.39 is 5.97 Å². The van der Waals surface area contributed by atoms with Gasteiger partial charge in [-0.25, -0.2) is 0 Å². The van der Waals surface area contributed by atoms with Crippen LogP contribution in [0.5, 0.6) is 0 Å². The van der Waals surface area contributed by atoms with Crippen molar-refractivity contribution in [3.63, 3.8) is 0 Å². The lowest BCUT2D eigenvalue weighted by Gasteiger charge is -2.38. The molecule has 94 valence electrons. The molecule has 0 aromatic carbocycles. The lowest BCUT2D eigenvalue weighted by molar-refractivity contribution is -0.143. The summed E-state index contributed by atoms with van der Waals surface area (Å²) in [4.78, 5) is 10.9. The van der Waals surface area contributed by atoms with Gasteiger partial charge in [-0.3, -0.25) is 4.79 Å². The standard InChI is InChI=1S/C14H26O2/c1-4-5-8-14(3)9-6-12(7-10-14)11(2)13(15)16/h11-12H,4-10H2,1-3H3,(H,15,16)/t11-,12?,14?/m1/s1. The number of hydrogen-bond donors (Lipinski definition) is 1. The van der Waals surface area contributed by atoms with Crippen molar-refractivity contribution in [3.05, 3.63) is 0 Å². The third-order valence-corrected chi connectivity index (χ3v) is 4.47. The van der Waals surface area contributed by atoms with Gasteiger partial charge < -0.3 is 5.11 Å². The highest BCUT2D eigenvalue weighted by Crippen LogP contribution is 2.44. The van der Waals surface area contributed by atoms with Gasteiger partial charge in [0.05, 0.1) is 5.92 Å². The van der Waals surface area contributed by atoms with Crippen LogP contribution < -0.4 is 0 Å². The van der Waals surface area contributed by atoms with Gasteiger partial charge in [-0.15, -0.1) is 0 Å². The molecule has 0 heterocycles. The quantitative estimate of drug-likeness (QED) is 0.766. The van der Waals surface area contributed by atoms with Crippen LogP contribution in [0.25, 0.3) is 0 Å². The van der Waals surface area contributed by atoms with Gasteiger partial charge in [0.15, 0.2) is 0 Å². The van der Waals surface area contributed by atoms with Crippen molar-refractivity contribution in [3.8, 4) is 0 Å². The van der Waals surface area contributed by atoms with E-state index in [0.717, 1.165) is 12.8 Å². The van der Waals surface area contributed by atoms with Gasteiger partial charge in [0.25, 0.3) is 0 Å². The number of unbranched alkanes of at least 4 members (excludes halogenated alkanes) is 1. The molecule has 0 saturated heterocycles. The molecular weight excluding hydrogens is 200 g/mol. The molecule has 1 rings (SSSR count). The molecule has 0 bridgehead atoms. The second kappa shape index (κ2) is 5.70. The predicted molar refractivity (Wildman–Crippen MR) is 66.4 cm³/mol. The summed E-state index contributed by atoms with van der Waals surface area (Å²) in [7, 11) is 0. The molecule has 2 nitrogen and oxygen atoms in total. The molecule has 0 aliphatic heterocycles. The minimum absolute atomic E-state index is 0.157. The van der Waals surface area contributed by atoms with Crippen molar-refractivity contribution in [2.45, 2.75) is 65.7 Å². The van der Waals surface area contributed by atoms with Gasteiger partial charge in [0, 0.05) is 0 Å². The summed E-state index contributed by atoms with van der Waals surface area (Å²) in [5, 5.41) is 9.01. The summed E-state index contributed by atoms with van der Waals surface area (Å²) < 4.78 is 0. The van der Waals surface area contributed by atoms with E-state index in [4.69, 9.17) is 5.11 Å². The van der Waals surface area contributed by atoms with Gasteiger partial charge in [-0.2, -0.15) is 0 Å². The summed E-state index contributed by atoms with van der Waals surface area (Å²) in [6.07, 6.45) is 8.55. The molecule has 0 unspecified atom stereocenters. The molecule has 1 N–H and O–H groups in total. The molecule has 1 aliphatic rings. The minimum Gasteiger partial charge on any atom is -0.481 e. The number of carbonyl (C=O) groups is 1. The van der Waals surface area contributed by atoms with Gasteiger partial charge in [-0.1, -0.05) is 33.6 Å². The summed E-state index contributed by atoms with van der Waals surface area (Å²) in [6.45, 7) is 6.48. The maximum atomic E-state index is 10.9. The van der Waals surface area contributed by atoms with Crippen molar-refractivity contribution >= 4 is 5.97 Å². The van der Waals surface area contributed by atoms with E-state index in [2.05, 4.69) is 13.8 Å². The zero-order valence-corrected chi connectivity index (χ0v) is 11.0. The molecule has 0 spiro atoms. The van der Waals surface area contributed by atoms with E-state index >= 15 is 0 Å². The summed E-state index contributed by atoms with van der Waals surface area (Å²) in [5.41, 5.74) is 0.491. The Morgan fingerprint density at radius 2 is 2.00 bits per heavy atom. The topological polar surface area (TPSA) is 37.3 Å². The highest BCUT2D eigenvalue weighted by Gasteiger charge is 2.34. The van der Waals surface area contributed by atoms with E-state index in [-0.39, 0.29) is 5.92 Å². The van der Waals surface area contributed by atoms with Gasteiger partial charge >= 0.3 is 5.97 Å². The van der Waals surface area contributed by atoms with Crippen LogP contribution in [0.15, 0.2) is 0 Å². The zero-order chi connectivity index (χ0) is 12.2. The number of carboxylic acid groups (broad SMARTS) is 1. The van der Waals surface area contributed by atoms with E-state index in [1.165, 1.54) is 32.1 Å². The Hall–Kier alpha value is -0.530. The fourth-order valence-corrected chi connectivity index (χ4v) is 2.89. The summed E-state index contributed by atoms with van der Waals surface area (Å²) in [6, 6.07) is 0. The maximum absolute atomic E-state index is 10.9. The predicted octanol–water partition coefficient (Wildman–Crippen LogP) is 4.09. The fourth-order valence-electron chi connectivity index (χ4n) is 2.89. The van der Waals surface area contributed by atoms with Gasteiger partial charge in [0.2, 0.25) is 0 Å². The Labute approximate surface area is 99.4 Å². The molecular formula is C14H26O2. The Morgan fingerprint density at radius 1 is 1.44 bits per heavy atom. The Kier molecular flexibility index (Phi) is 4.82. The van der Waals surface area contributed by atoms with Gasteiger partial charge in [-0.05, 0) is 43.4 Å². The lowest BCUT2D eigenvalue weighted by Crippen LogP contribution is -2.30. The van der Waals surface area contributed by atoms with Crippen molar-refractivity contribution in [2.75, 3.05) is 0 Å². The zero-order valence-electron chi connectivity index (χ0n) is 11.0. The molecule has 0 aromatic rings. The maximum Gasteiger partial charge on any atom is 0.306 e. The van der Waals surface area contributed by atoms with E-state index in [0.29, 0.717) is 11.3 Å². The summed E-state index contributed by atoms with van der Waals surface area (Å²) >= 11 is 0. The first kappa shape index (κ1) is 13.5. The number of aliphatic carboxylic acids is 1. The minimum atomic E-state index is -0.623. The Morgan fingerprint density at radius 3 is 2.44 bits per heavy atom. The largest absolute Gasteiger partial charge is 0.481 e. The normalized spacial score (nSPS) is 32.3. The SMILES string of the molecule is CCCCC1(C)CCC([C@@H](C)C(=O)O)CC1. The van der Waals surface area contributed by atoms with E-state index in [1.807, 2.05) is 6.92 Å². The van der Waals surface area contributed by atoms with Crippen LogP contribution in [0.3, 0.4) is 0 Å². The van der Waals surface area contributed by atoms with Crippen LogP contribution in [0, 0.1) is 17.3 Å². The number of rotatable bonds is 5. The van der Waals surface area contributed by atoms with E-state index in [9.17, 15) is 4.79 Å². The first-order chi connectivity index (χ1) is 7.48. The van der Waals surface area contributed by atoms with Crippen molar-refractivity contribution in [1.82, 2.24) is 0 Å². The second-order valence-electron chi connectivity index (χ2n) is 5.88.